The number of rotatable bonds is 6. The number of aromatic nitrogens is 1. The van der Waals surface area contributed by atoms with Crippen LogP contribution in [0.3, 0.4) is 0 Å². The summed E-state index contributed by atoms with van der Waals surface area (Å²) in [6.45, 7) is 0.544. The van der Waals surface area contributed by atoms with Crippen LogP contribution < -0.4 is 11.1 Å². The average Bonchev–Trinajstić information content (AvgIpc) is 2.73. The van der Waals surface area contributed by atoms with Crippen molar-refractivity contribution in [1.82, 2.24) is 10.3 Å². The van der Waals surface area contributed by atoms with E-state index in [0.29, 0.717) is 24.1 Å². The molecule has 0 saturated carbocycles. The van der Waals surface area contributed by atoms with Crippen LogP contribution in [-0.2, 0) is 6.54 Å². The lowest BCUT2D eigenvalue weighted by molar-refractivity contribution is 0.200. The SMILES string of the molecule is O=c1[nH]c2ccc(CNC(CO)CCO)cc2o1. The van der Waals surface area contributed by atoms with Crippen molar-refractivity contribution in [3.8, 4) is 0 Å². The number of aliphatic hydroxyl groups is 2. The number of aromatic amines is 1. The molecule has 0 radical (unpaired) electrons. The van der Waals surface area contributed by atoms with E-state index in [9.17, 15) is 4.79 Å². The van der Waals surface area contributed by atoms with Crippen LogP contribution in [0.1, 0.15) is 12.0 Å². The lowest BCUT2D eigenvalue weighted by Gasteiger charge is -2.14. The summed E-state index contributed by atoms with van der Waals surface area (Å²) in [4.78, 5) is 13.6. The zero-order valence-electron chi connectivity index (χ0n) is 9.85. The Bertz CT molecular complexity index is 560. The summed E-state index contributed by atoms with van der Waals surface area (Å²) >= 11 is 0. The summed E-state index contributed by atoms with van der Waals surface area (Å²) in [7, 11) is 0. The Kier molecular flexibility index (Phi) is 4.14. The molecule has 1 heterocycles. The minimum atomic E-state index is -0.469. The van der Waals surface area contributed by atoms with Crippen LogP contribution in [0.2, 0.25) is 0 Å². The van der Waals surface area contributed by atoms with Crippen molar-refractivity contribution >= 4 is 11.1 Å². The summed E-state index contributed by atoms with van der Waals surface area (Å²) in [6.07, 6.45) is 0.498. The van der Waals surface area contributed by atoms with Crippen molar-refractivity contribution in [1.29, 1.82) is 0 Å². The Balaban J connectivity index is 2.04. The highest BCUT2D eigenvalue weighted by Gasteiger charge is 2.07. The Morgan fingerprint density at radius 1 is 1.39 bits per heavy atom. The minimum Gasteiger partial charge on any atom is -0.408 e. The molecule has 4 N–H and O–H groups in total. The highest BCUT2D eigenvalue weighted by molar-refractivity contribution is 5.72. The zero-order valence-corrected chi connectivity index (χ0v) is 9.85. The molecule has 0 bridgehead atoms. The first-order valence-corrected chi connectivity index (χ1v) is 5.80. The molecule has 2 rings (SSSR count). The molecule has 0 aliphatic carbocycles. The third kappa shape index (κ3) is 2.98. The topological polar surface area (TPSA) is 98.5 Å². The third-order valence-electron chi connectivity index (χ3n) is 2.78. The average molecular weight is 252 g/mol. The molecule has 18 heavy (non-hydrogen) atoms. The number of benzene rings is 1. The number of hydrogen-bond donors (Lipinski definition) is 4. The van der Waals surface area contributed by atoms with E-state index in [-0.39, 0.29) is 19.3 Å². The van der Waals surface area contributed by atoms with E-state index in [0.717, 1.165) is 5.56 Å². The van der Waals surface area contributed by atoms with Gasteiger partial charge in [0.1, 0.15) is 0 Å². The lowest BCUT2D eigenvalue weighted by atomic mass is 10.1. The number of aliphatic hydroxyl groups excluding tert-OH is 2. The number of oxazole rings is 1. The van der Waals surface area contributed by atoms with Crippen LogP contribution in [0.15, 0.2) is 27.4 Å². The summed E-state index contributed by atoms with van der Waals surface area (Å²) in [5, 5.41) is 21.0. The smallest absolute Gasteiger partial charge is 0.408 e. The van der Waals surface area contributed by atoms with E-state index in [4.69, 9.17) is 14.6 Å². The summed E-state index contributed by atoms with van der Waals surface area (Å²) < 4.78 is 4.96. The van der Waals surface area contributed by atoms with Gasteiger partial charge in [0.05, 0.1) is 12.1 Å². The molecule has 0 amide bonds. The van der Waals surface area contributed by atoms with Gasteiger partial charge in [-0.1, -0.05) is 6.07 Å². The number of nitrogens with one attached hydrogen (secondary N) is 2. The van der Waals surface area contributed by atoms with Crippen molar-refractivity contribution in [2.24, 2.45) is 0 Å². The second kappa shape index (κ2) is 5.81. The van der Waals surface area contributed by atoms with Crippen LogP contribution in [0.5, 0.6) is 0 Å². The van der Waals surface area contributed by atoms with Crippen molar-refractivity contribution in [3.63, 3.8) is 0 Å². The fourth-order valence-electron chi connectivity index (χ4n) is 1.78. The maximum absolute atomic E-state index is 11.0. The molecule has 2 aromatic rings. The Labute approximate surface area is 103 Å². The van der Waals surface area contributed by atoms with Crippen LogP contribution in [0, 0.1) is 0 Å². The van der Waals surface area contributed by atoms with Gasteiger partial charge in [0.2, 0.25) is 0 Å². The van der Waals surface area contributed by atoms with Gasteiger partial charge in [-0.15, -0.1) is 0 Å². The number of hydrogen-bond acceptors (Lipinski definition) is 5. The first-order chi connectivity index (χ1) is 8.72. The molecular weight excluding hydrogens is 236 g/mol. The fourth-order valence-corrected chi connectivity index (χ4v) is 1.78. The zero-order chi connectivity index (χ0) is 13.0. The van der Waals surface area contributed by atoms with E-state index in [2.05, 4.69) is 10.3 Å². The molecule has 1 unspecified atom stereocenters. The second-order valence-corrected chi connectivity index (χ2v) is 4.12. The monoisotopic (exact) mass is 252 g/mol. The molecular formula is C12H16N2O4. The van der Waals surface area contributed by atoms with Crippen LogP contribution >= 0.6 is 0 Å². The molecule has 1 aromatic heterocycles. The van der Waals surface area contributed by atoms with Gasteiger partial charge in [-0.25, -0.2) is 4.79 Å². The van der Waals surface area contributed by atoms with Crippen molar-refractivity contribution in [2.75, 3.05) is 13.2 Å². The molecule has 98 valence electrons. The van der Waals surface area contributed by atoms with Gasteiger partial charge in [0.25, 0.3) is 0 Å². The summed E-state index contributed by atoms with van der Waals surface area (Å²) in [5.74, 6) is -0.469. The lowest BCUT2D eigenvalue weighted by Crippen LogP contribution is -2.32. The van der Waals surface area contributed by atoms with Gasteiger partial charge >= 0.3 is 5.76 Å². The van der Waals surface area contributed by atoms with Gasteiger partial charge in [-0.05, 0) is 24.1 Å². The molecule has 6 heteroatoms. The molecule has 0 saturated heterocycles. The predicted octanol–water partition coefficient (Wildman–Crippen LogP) is -0.0460. The van der Waals surface area contributed by atoms with E-state index < -0.39 is 5.76 Å². The molecule has 6 nitrogen and oxygen atoms in total. The highest BCUT2D eigenvalue weighted by atomic mass is 16.4. The van der Waals surface area contributed by atoms with E-state index in [1.807, 2.05) is 6.07 Å². The van der Waals surface area contributed by atoms with Crippen LogP contribution in [0.4, 0.5) is 0 Å². The first kappa shape index (κ1) is 12.8. The van der Waals surface area contributed by atoms with Crippen molar-refractivity contribution in [2.45, 2.75) is 19.0 Å². The quantitative estimate of drug-likeness (QED) is 0.578. The predicted molar refractivity (Wildman–Crippen MR) is 66.3 cm³/mol. The van der Waals surface area contributed by atoms with Crippen molar-refractivity contribution < 1.29 is 14.6 Å². The van der Waals surface area contributed by atoms with Crippen molar-refractivity contribution in [3.05, 3.63) is 34.3 Å². The summed E-state index contributed by atoms with van der Waals surface area (Å²) in [5.41, 5.74) is 2.13. The first-order valence-electron chi connectivity index (χ1n) is 5.80. The van der Waals surface area contributed by atoms with Crippen LogP contribution in [-0.4, -0.2) is 34.5 Å². The molecule has 1 aromatic carbocycles. The number of fused-ring (bicyclic) bond motifs is 1. The fraction of sp³-hybridized carbons (Fsp3) is 0.417. The third-order valence-corrected chi connectivity index (χ3v) is 2.78. The molecule has 0 aliphatic heterocycles. The highest BCUT2D eigenvalue weighted by Crippen LogP contribution is 2.12. The van der Waals surface area contributed by atoms with Crippen LogP contribution in [0.25, 0.3) is 11.1 Å². The second-order valence-electron chi connectivity index (χ2n) is 4.12. The summed E-state index contributed by atoms with van der Waals surface area (Å²) in [6, 6.07) is 5.28. The largest absolute Gasteiger partial charge is 0.417 e. The standard InChI is InChI=1S/C12H16N2O4/c15-4-3-9(7-16)13-6-8-1-2-10-11(5-8)18-12(17)14-10/h1-2,5,9,13,15-16H,3-4,6-7H2,(H,14,17). The van der Waals surface area contributed by atoms with Gasteiger partial charge in [0.15, 0.2) is 5.58 Å². The number of H-pyrrole nitrogens is 1. The Hall–Kier alpha value is -1.63. The van der Waals surface area contributed by atoms with Gasteiger partial charge in [-0.3, -0.25) is 4.98 Å². The maximum Gasteiger partial charge on any atom is 0.417 e. The molecule has 0 spiro atoms. The molecule has 0 fully saturated rings. The minimum absolute atomic E-state index is 0.0258. The van der Waals surface area contributed by atoms with Gasteiger partial charge < -0.3 is 19.9 Å². The Morgan fingerprint density at radius 2 is 2.22 bits per heavy atom. The van der Waals surface area contributed by atoms with Gasteiger partial charge in [0, 0.05) is 19.2 Å². The Morgan fingerprint density at radius 3 is 2.94 bits per heavy atom. The van der Waals surface area contributed by atoms with E-state index in [1.54, 1.807) is 12.1 Å². The molecule has 0 aliphatic rings. The van der Waals surface area contributed by atoms with Gasteiger partial charge in [-0.2, -0.15) is 0 Å². The van der Waals surface area contributed by atoms with E-state index in [1.165, 1.54) is 0 Å². The molecule has 1 atom stereocenters. The normalized spacial score (nSPS) is 13.0. The van der Waals surface area contributed by atoms with E-state index >= 15 is 0 Å². The maximum atomic E-state index is 11.0.